The summed E-state index contributed by atoms with van der Waals surface area (Å²) < 4.78 is 13.8. The number of nitrogens with one attached hydrogen (secondary N) is 1. The number of amides is 1. The zero-order valence-corrected chi connectivity index (χ0v) is 13.6. The van der Waals surface area contributed by atoms with Crippen molar-refractivity contribution < 1.29 is 9.18 Å². The molecule has 0 unspecified atom stereocenters. The summed E-state index contributed by atoms with van der Waals surface area (Å²) in [6, 6.07) is 12.1. The second-order valence-corrected chi connectivity index (χ2v) is 5.58. The molecular weight excluding hydrogens is 347 g/mol. The molecular formula is C17H12ClFN4O2. The molecule has 0 radical (unpaired) electrons. The van der Waals surface area contributed by atoms with E-state index in [-0.39, 0.29) is 6.54 Å². The molecule has 3 aromatic rings. The van der Waals surface area contributed by atoms with Gasteiger partial charge in [0.1, 0.15) is 12.4 Å². The van der Waals surface area contributed by atoms with Crippen molar-refractivity contribution in [2.24, 2.45) is 0 Å². The van der Waals surface area contributed by atoms with Crippen molar-refractivity contribution in [3.63, 3.8) is 0 Å². The number of anilines is 1. The Bertz CT molecular complexity index is 956. The van der Waals surface area contributed by atoms with Crippen molar-refractivity contribution in [1.82, 2.24) is 14.8 Å². The Morgan fingerprint density at radius 1 is 1.12 bits per heavy atom. The Hall–Kier alpha value is -3.06. The average Bonchev–Trinajstić information content (AvgIpc) is 2.59. The number of nitrogens with zero attached hydrogens (tertiary/aromatic N) is 3. The van der Waals surface area contributed by atoms with E-state index in [4.69, 9.17) is 11.6 Å². The van der Waals surface area contributed by atoms with E-state index in [1.54, 1.807) is 24.3 Å². The predicted molar refractivity (Wildman–Crippen MR) is 91.8 cm³/mol. The number of carbonyl (C=O) groups excluding carboxylic acids is 1. The summed E-state index contributed by atoms with van der Waals surface area (Å²) in [6.07, 6.45) is 1.40. The van der Waals surface area contributed by atoms with Crippen LogP contribution in [0.4, 0.5) is 10.1 Å². The molecule has 0 aliphatic heterocycles. The van der Waals surface area contributed by atoms with E-state index in [9.17, 15) is 14.0 Å². The van der Waals surface area contributed by atoms with Gasteiger partial charge in [-0.2, -0.15) is 10.1 Å². The lowest BCUT2D eigenvalue weighted by Gasteiger charge is -2.07. The van der Waals surface area contributed by atoms with Gasteiger partial charge in [0.25, 0.3) is 0 Å². The van der Waals surface area contributed by atoms with Crippen molar-refractivity contribution in [2.75, 3.05) is 5.32 Å². The average molecular weight is 359 g/mol. The largest absolute Gasteiger partial charge is 0.365 e. The van der Waals surface area contributed by atoms with E-state index in [0.717, 1.165) is 4.68 Å². The molecule has 0 fully saturated rings. The zero-order valence-electron chi connectivity index (χ0n) is 12.8. The minimum Gasteiger partial charge on any atom is -0.324 e. The smallest absolute Gasteiger partial charge is 0.324 e. The predicted octanol–water partition coefficient (Wildman–Crippen LogP) is 2.74. The van der Waals surface area contributed by atoms with Crippen LogP contribution in [0.25, 0.3) is 11.3 Å². The molecule has 3 rings (SSSR count). The molecule has 0 atom stereocenters. The van der Waals surface area contributed by atoms with Crippen molar-refractivity contribution in [3.05, 3.63) is 76.1 Å². The summed E-state index contributed by atoms with van der Waals surface area (Å²) in [5.74, 6) is -0.875. The van der Waals surface area contributed by atoms with Crippen LogP contribution in [0.2, 0.25) is 5.02 Å². The molecule has 1 amide bonds. The van der Waals surface area contributed by atoms with Gasteiger partial charge in [0.2, 0.25) is 5.91 Å². The molecule has 6 nitrogen and oxygen atoms in total. The van der Waals surface area contributed by atoms with E-state index in [0.29, 0.717) is 22.0 Å². The number of aromatic nitrogens is 3. The Balaban J connectivity index is 1.72. The number of benzene rings is 2. The van der Waals surface area contributed by atoms with Crippen LogP contribution >= 0.6 is 11.6 Å². The summed E-state index contributed by atoms with van der Waals surface area (Å²) >= 11 is 5.82. The van der Waals surface area contributed by atoms with Crippen LogP contribution < -0.4 is 11.0 Å². The van der Waals surface area contributed by atoms with E-state index in [1.165, 1.54) is 30.5 Å². The lowest BCUT2D eigenvalue weighted by atomic mass is 10.2. The lowest BCUT2D eigenvalue weighted by Crippen LogP contribution is -2.31. The van der Waals surface area contributed by atoms with Gasteiger partial charge in [0, 0.05) is 16.3 Å². The summed E-state index contributed by atoms with van der Waals surface area (Å²) in [5.41, 5.74) is 0.848. The summed E-state index contributed by atoms with van der Waals surface area (Å²) in [4.78, 5) is 27.9. The van der Waals surface area contributed by atoms with Crippen LogP contribution in [-0.2, 0) is 11.3 Å². The SMILES string of the molecule is O=C(Cn1ncc(-c2ccc(Cl)cc2)nc1=O)Nc1ccc(F)cc1. The summed E-state index contributed by atoms with van der Waals surface area (Å²) in [6.45, 7) is -0.301. The fourth-order valence-corrected chi connectivity index (χ4v) is 2.23. The molecule has 25 heavy (non-hydrogen) atoms. The van der Waals surface area contributed by atoms with Gasteiger partial charge in [0.05, 0.1) is 11.9 Å². The Labute approximate surface area is 146 Å². The second kappa shape index (κ2) is 7.23. The van der Waals surface area contributed by atoms with E-state index in [2.05, 4.69) is 15.4 Å². The summed E-state index contributed by atoms with van der Waals surface area (Å²) in [5, 5.41) is 7.08. The van der Waals surface area contributed by atoms with Gasteiger partial charge >= 0.3 is 5.69 Å². The molecule has 0 aliphatic carbocycles. The molecule has 0 aliphatic rings. The molecule has 0 saturated heterocycles. The molecule has 0 saturated carbocycles. The van der Waals surface area contributed by atoms with E-state index < -0.39 is 17.4 Å². The van der Waals surface area contributed by atoms with Crippen molar-refractivity contribution in [1.29, 1.82) is 0 Å². The zero-order chi connectivity index (χ0) is 17.8. The van der Waals surface area contributed by atoms with Gasteiger partial charge < -0.3 is 5.32 Å². The molecule has 1 N–H and O–H groups in total. The van der Waals surface area contributed by atoms with Gasteiger partial charge in [0.15, 0.2) is 0 Å². The highest BCUT2D eigenvalue weighted by molar-refractivity contribution is 6.30. The van der Waals surface area contributed by atoms with Crippen LogP contribution in [0, 0.1) is 5.82 Å². The van der Waals surface area contributed by atoms with Crippen LogP contribution in [0.3, 0.4) is 0 Å². The maximum atomic E-state index is 12.8. The second-order valence-electron chi connectivity index (χ2n) is 5.14. The quantitative estimate of drug-likeness (QED) is 0.778. The number of carbonyl (C=O) groups is 1. The van der Waals surface area contributed by atoms with Crippen LogP contribution in [-0.4, -0.2) is 20.7 Å². The lowest BCUT2D eigenvalue weighted by molar-refractivity contribution is -0.117. The first kappa shape index (κ1) is 16.8. The Morgan fingerprint density at radius 3 is 2.44 bits per heavy atom. The van der Waals surface area contributed by atoms with Crippen LogP contribution in [0.1, 0.15) is 0 Å². The number of halogens is 2. The number of rotatable bonds is 4. The Morgan fingerprint density at radius 2 is 1.80 bits per heavy atom. The third kappa shape index (κ3) is 4.27. The van der Waals surface area contributed by atoms with Crippen molar-refractivity contribution in [2.45, 2.75) is 6.54 Å². The molecule has 1 heterocycles. The standard InChI is InChI=1S/C17H12ClFN4O2/c18-12-3-1-11(2-4-12)15-9-20-23(17(25)22-15)10-16(24)21-14-7-5-13(19)6-8-14/h1-9H,10H2,(H,21,24). The molecule has 0 spiro atoms. The van der Waals surface area contributed by atoms with Gasteiger partial charge in [-0.3, -0.25) is 4.79 Å². The first-order valence-corrected chi connectivity index (χ1v) is 7.64. The topological polar surface area (TPSA) is 76.9 Å². The third-order valence-corrected chi connectivity index (χ3v) is 3.57. The monoisotopic (exact) mass is 358 g/mol. The van der Waals surface area contributed by atoms with Crippen molar-refractivity contribution >= 4 is 23.2 Å². The highest BCUT2D eigenvalue weighted by Gasteiger charge is 2.09. The van der Waals surface area contributed by atoms with Crippen LogP contribution in [0.5, 0.6) is 0 Å². The first-order valence-electron chi connectivity index (χ1n) is 7.27. The van der Waals surface area contributed by atoms with E-state index >= 15 is 0 Å². The molecule has 126 valence electrons. The molecule has 0 bridgehead atoms. The number of hydrogen-bond acceptors (Lipinski definition) is 4. The van der Waals surface area contributed by atoms with Crippen LogP contribution in [0.15, 0.2) is 59.5 Å². The first-order chi connectivity index (χ1) is 12.0. The highest BCUT2D eigenvalue weighted by Crippen LogP contribution is 2.17. The fourth-order valence-electron chi connectivity index (χ4n) is 2.10. The molecule has 1 aromatic heterocycles. The van der Waals surface area contributed by atoms with Crippen molar-refractivity contribution in [3.8, 4) is 11.3 Å². The van der Waals surface area contributed by atoms with Gasteiger partial charge in [-0.25, -0.2) is 13.9 Å². The third-order valence-electron chi connectivity index (χ3n) is 3.32. The molecule has 2 aromatic carbocycles. The summed E-state index contributed by atoms with van der Waals surface area (Å²) in [7, 11) is 0. The fraction of sp³-hybridized carbons (Fsp3) is 0.0588. The maximum absolute atomic E-state index is 12.8. The minimum atomic E-state index is -0.651. The van der Waals surface area contributed by atoms with Gasteiger partial charge in [-0.05, 0) is 36.4 Å². The Kier molecular flexibility index (Phi) is 4.85. The van der Waals surface area contributed by atoms with Gasteiger partial charge in [-0.15, -0.1) is 0 Å². The number of hydrogen-bond donors (Lipinski definition) is 1. The minimum absolute atomic E-state index is 0.301. The van der Waals surface area contributed by atoms with Gasteiger partial charge in [-0.1, -0.05) is 23.7 Å². The molecule has 8 heteroatoms. The normalized spacial score (nSPS) is 10.5. The maximum Gasteiger partial charge on any atom is 0.365 e. The highest BCUT2D eigenvalue weighted by atomic mass is 35.5. The van der Waals surface area contributed by atoms with E-state index in [1.807, 2.05) is 0 Å².